The molecule has 3 nitrogen and oxygen atoms in total. The van der Waals surface area contributed by atoms with E-state index in [0.717, 1.165) is 18.6 Å². The van der Waals surface area contributed by atoms with E-state index in [-0.39, 0.29) is 11.8 Å². The van der Waals surface area contributed by atoms with Gasteiger partial charge in [-0.1, -0.05) is 31.4 Å². The van der Waals surface area contributed by atoms with Crippen LogP contribution in [0.25, 0.3) is 0 Å². The lowest BCUT2D eigenvalue weighted by molar-refractivity contribution is -0.135. The molecule has 0 aliphatic heterocycles. The van der Waals surface area contributed by atoms with E-state index in [0.29, 0.717) is 13.2 Å². The molecule has 1 aromatic rings. The van der Waals surface area contributed by atoms with Crippen molar-refractivity contribution in [1.29, 1.82) is 0 Å². The van der Waals surface area contributed by atoms with Crippen LogP contribution in [-0.4, -0.2) is 31.0 Å². The lowest BCUT2D eigenvalue weighted by atomic mass is 9.88. The van der Waals surface area contributed by atoms with Gasteiger partial charge in [-0.05, 0) is 37.5 Å². The Morgan fingerprint density at radius 1 is 1.30 bits per heavy atom. The first-order chi connectivity index (χ1) is 9.66. The number of nitrogens with zero attached hydrogens (tertiary/aromatic N) is 1. The summed E-state index contributed by atoms with van der Waals surface area (Å²) in [5.74, 6) is 1.41. The number of hydrogen-bond donors (Lipinski definition) is 0. The molecule has 0 unspecified atom stereocenters. The molecule has 0 aromatic heterocycles. The van der Waals surface area contributed by atoms with E-state index < -0.39 is 0 Å². The van der Waals surface area contributed by atoms with E-state index in [2.05, 4.69) is 0 Å². The molecule has 0 spiro atoms. The van der Waals surface area contributed by atoms with Gasteiger partial charge in [-0.15, -0.1) is 0 Å². The number of carbonyl (C=O) groups is 1. The zero-order valence-electron chi connectivity index (χ0n) is 12.6. The van der Waals surface area contributed by atoms with Crippen molar-refractivity contribution in [1.82, 2.24) is 4.90 Å². The number of carbonyl (C=O) groups excluding carboxylic acids is 1. The molecule has 0 radical (unpaired) electrons. The van der Waals surface area contributed by atoms with Gasteiger partial charge in [0.2, 0.25) is 5.91 Å². The summed E-state index contributed by atoms with van der Waals surface area (Å²) in [7, 11) is 1.89. The van der Waals surface area contributed by atoms with Gasteiger partial charge in [-0.2, -0.15) is 0 Å². The van der Waals surface area contributed by atoms with Crippen molar-refractivity contribution in [2.75, 3.05) is 20.2 Å². The summed E-state index contributed by atoms with van der Waals surface area (Å²) in [4.78, 5) is 14.1. The molecule has 2 rings (SSSR count). The minimum absolute atomic E-state index is 0.243. The van der Waals surface area contributed by atoms with Crippen molar-refractivity contribution in [2.45, 2.75) is 39.0 Å². The highest BCUT2D eigenvalue weighted by Crippen LogP contribution is 2.25. The Hall–Kier alpha value is -1.51. The van der Waals surface area contributed by atoms with Gasteiger partial charge in [0.05, 0.1) is 6.54 Å². The minimum atomic E-state index is 0.243. The van der Waals surface area contributed by atoms with Crippen LogP contribution in [0, 0.1) is 12.8 Å². The second-order valence-corrected chi connectivity index (χ2v) is 5.76. The standard InChI is InChI=1S/C17H25NO2/c1-14-7-6-10-16(13-14)20-12-11-18(2)17(19)15-8-4-3-5-9-15/h6-7,10,13,15H,3-5,8-9,11-12H2,1-2H3. The first kappa shape index (κ1) is 14.9. The smallest absolute Gasteiger partial charge is 0.225 e. The van der Waals surface area contributed by atoms with Crippen LogP contribution in [0.3, 0.4) is 0 Å². The van der Waals surface area contributed by atoms with Gasteiger partial charge in [0, 0.05) is 13.0 Å². The predicted molar refractivity (Wildman–Crippen MR) is 80.9 cm³/mol. The lowest BCUT2D eigenvalue weighted by Gasteiger charge is -2.26. The first-order valence-corrected chi connectivity index (χ1v) is 7.61. The molecule has 110 valence electrons. The number of amides is 1. The fraction of sp³-hybridized carbons (Fsp3) is 0.588. The van der Waals surface area contributed by atoms with Crippen molar-refractivity contribution < 1.29 is 9.53 Å². The summed E-state index contributed by atoms with van der Waals surface area (Å²) in [6.45, 7) is 3.26. The molecule has 20 heavy (non-hydrogen) atoms. The monoisotopic (exact) mass is 275 g/mol. The number of likely N-dealkylation sites (N-methyl/N-ethyl adjacent to an activating group) is 1. The molecule has 0 N–H and O–H groups in total. The van der Waals surface area contributed by atoms with Crippen molar-refractivity contribution >= 4 is 5.91 Å². The van der Waals surface area contributed by atoms with Crippen LogP contribution in [0.1, 0.15) is 37.7 Å². The second-order valence-electron chi connectivity index (χ2n) is 5.76. The fourth-order valence-corrected chi connectivity index (χ4v) is 2.78. The zero-order chi connectivity index (χ0) is 14.4. The lowest BCUT2D eigenvalue weighted by Crippen LogP contribution is -2.36. The summed E-state index contributed by atoms with van der Waals surface area (Å²) >= 11 is 0. The van der Waals surface area contributed by atoms with Crippen LogP contribution in [0.5, 0.6) is 5.75 Å². The number of hydrogen-bond acceptors (Lipinski definition) is 2. The third kappa shape index (κ3) is 4.26. The van der Waals surface area contributed by atoms with E-state index in [1.54, 1.807) is 0 Å². The van der Waals surface area contributed by atoms with Crippen LogP contribution in [0.4, 0.5) is 0 Å². The molecule has 1 fully saturated rings. The Labute approximate surface area is 121 Å². The summed E-state index contributed by atoms with van der Waals surface area (Å²) in [5, 5.41) is 0. The molecule has 0 heterocycles. The molecule has 0 atom stereocenters. The van der Waals surface area contributed by atoms with Gasteiger partial charge in [-0.25, -0.2) is 0 Å². The Kier molecular flexibility index (Phi) is 5.45. The largest absolute Gasteiger partial charge is 0.492 e. The minimum Gasteiger partial charge on any atom is -0.492 e. The van der Waals surface area contributed by atoms with Crippen LogP contribution in [0.2, 0.25) is 0 Å². The van der Waals surface area contributed by atoms with Gasteiger partial charge in [0.25, 0.3) is 0 Å². The van der Waals surface area contributed by atoms with Crippen molar-refractivity contribution in [2.24, 2.45) is 5.92 Å². The van der Waals surface area contributed by atoms with Gasteiger partial charge in [0.15, 0.2) is 0 Å². The molecule has 0 bridgehead atoms. The Morgan fingerprint density at radius 2 is 2.05 bits per heavy atom. The Balaban J connectivity index is 1.74. The first-order valence-electron chi connectivity index (χ1n) is 7.61. The van der Waals surface area contributed by atoms with Crippen LogP contribution >= 0.6 is 0 Å². The topological polar surface area (TPSA) is 29.5 Å². The zero-order valence-corrected chi connectivity index (χ0v) is 12.6. The summed E-state index contributed by atoms with van der Waals surface area (Å²) in [5.41, 5.74) is 1.19. The Bertz CT molecular complexity index is 438. The number of ether oxygens (including phenoxy) is 1. The fourth-order valence-electron chi connectivity index (χ4n) is 2.78. The summed E-state index contributed by atoms with van der Waals surface area (Å²) < 4.78 is 5.70. The van der Waals surface area contributed by atoms with Gasteiger partial charge in [0.1, 0.15) is 12.4 Å². The molecular weight excluding hydrogens is 250 g/mol. The highest BCUT2D eigenvalue weighted by atomic mass is 16.5. The second kappa shape index (κ2) is 7.32. The predicted octanol–water partition coefficient (Wildman–Crippen LogP) is 3.41. The SMILES string of the molecule is Cc1cccc(OCCN(C)C(=O)C2CCCCC2)c1. The maximum Gasteiger partial charge on any atom is 0.225 e. The third-order valence-electron chi connectivity index (χ3n) is 4.02. The molecule has 1 aliphatic rings. The van der Waals surface area contributed by atoms with Gasteiger partial charge < -0.3 is 9.64 Å². The van der Waals surface area contributed by atoms with Crippen molar-refractivity contribution in [3.05, 3.63) is 29.8 Å². The quantitative estimate of drug-likeness (QED) is 0.824. The van der Waals surface area contributed by atoms with E-state index in [1.165, 1.54) is 24.8 Å². The molecule has 0 saturated heterocycles. The van der Waals surface area contributed by atoms with E-state index in [4.69, 9.17) is 4.74 Å². The Morgan fingerprint density at radius 3 is 2.75 bits per heavy atom. The van der Waals surface area contributed by atoms with E-state index >= 15 is 0 Å². The van der Waals surface area contributed by atoms with Gasteiger partial charge >= 0.3 is 0 Å². The third-order valence-corrected chi connectivity index (χ3v) is 4.02. The average Bonchev–Trinajstić information content (AvgIpc) is 2.47. The van der Waals surface area contributed by atoms with Crippen LogP contribution in [-0.2, 0) is 4.79 Å². The highest BCUT2D eigenvalue weighted by Gasteiger charge is 2.23. The van der Waals surface area contributed by atoms with Crippen molar-refractivity contribution in [3.8, 4) is 5.75 Å². The van der Waals surface area contributed by atoms with Crippen LogP contribution < -0.4 is 4.74 Å². The van der Waals surface area contributed by atoms with Crippen molar-refractivity contribution in [3.63, 3.8) is 0 Å². The highest BCUT2D eigenvalue weighted by molar-refractivity contribution is 5.78. The maximum absolute atomic E-state index is 12.3. The number of benzene rings is 1. The molecule has 1 aliphatic carbocycles. The molecule has 3 heteroatoms. The number of rotatable bonds is 5. The normalized spacial score (nSPS) is 15.9. The molecule has 1 saturated carbocycles. The van der Waals surface area contributed by atoms with E-state index in [1.807, 2.05) is 43.1 Å². The maximum atomic E-state index is 12.3. The summed E-state index contributed by atoms with van der Waals surface area (Å²) in [6, 6.07) is 8.01. The van der Waals surface area contributed by atoms with Gasteiger partial charge in [-0.3, -0.25) is 4.79 Å². The molecular formula is C17H25NO2. The number of aryl methyl sites for hydroxylation is 1. The van der Waals surface area contributed by atoms with E-state index in [9.17, 15) is 4.79 Å². The average molecular weight is 275 g/mol. The van der Waals surface area contributed by atoms with Crippen LogP contribution in [0.15, 0.2) is 24.3 Å². The summed E-state index contributed by atoms with van der Waals surface area (Å²) in [6.07, 6.45) is 5.79. The molecule has 1 amide bonds. The molecule has 1 aromatic carbocycles.